The molecule has 0 unspecified atom stereocenters. The highest BCUT2D eigenvalue weighted by atomic mass is 35.5. The van der Waals surface area contributed by atoms with Crippen LogP contribution >= 0.6 is 11.6 Å². The van der Waals surface area contributed by atoms with Gasteiger partial charge in [0.05, 0.1) is 0 Å². The van der Waals surface area contributed by atoms with Crippen LogP contribution in [0.4, 0.5) is 4.79 Å². The van der Waals surface area contributed by atoms with Gasteiger partial charge in [0.25, 0.3) is 0 Å². The topological polar surface area (TPSA) is 26.3 Å². The summed E-state index contributed by atoms with van der Waals surface area (Å²) in [7, 11) is 0. The zero-order valence-corrected chi connectivity index (χ0v) is 6.94. The Balaban J connectivity index is 3.67. The summed E-state index contributed by atoms with van der Waals surface area (Å²) >= 11 is 4.95. The van der Waals surface area contributed by atoms with Gasteiger partial charge in [0, 0.05) is 17.0 Å². The molecule has 0 spiro atoms. The maximum Gasteiger partial charge on any atom is 0.403 e. The van der Waals surface area contributed by atoms with Crippen molar-refractivity contribution in [2.24, 2.45) is 5.41 Å². The molecule has 0 saturated carbocycles. The SMILES string of the molecule is C=CC(C)(C)COC(=O)Cl. The first-order valence-corrected chi connectivity index (χ1v) is 3.31. The lowest BCUT2D eigenvalue weighted by molar-refractivity contribution is 0.139. The zero-order valence-electron chi connectivity index (χ0n) is 6.19. The van der Waals surface area contributed by atoms with Crippen molar-refractivity contribution in [3.8, 4) is 0 Å². The second-order valence-electron chi connectivity index (χ2n) is 2.72. The van der Waals surface area contributed by atoms with Gasteiger partial charge in [-0.15, -0.1) is 6.58 Å². The molecule has 0 atom stereocenters. The summed E-state index contributed by atoms with van der Waals surface area (Å²) in [6.45, 7) is 7.66. The quantitative estimate of drug-likeness (QED) is 0.471. The molecule has 0 saturated heterocycles. The second-order valence-corrected chi connectivity index (χ2v) is 3.03. The molecule has 0 fully saturated rings. The van der Waals surface area contributed by atoms with Crippen LogP contribution in [-0.2, 0) is 4.74 Å². The van der Waals surface area contributed by atoms with Gasteiger partial charge in [-0.25, -0.2) is 4.79 Å². The van der Waals surface area contributed by atoms with E-state index in [-0.39, 0.29) is 12.0 Å². The van der Waals surface area contributed by atoms with Crippen molar-refractivity contribution in [2.45, 2.75) is 13.8 Å². The van der Waals surface area contributed by atoms with E-state index in [1.54, 1.807) is 6.08 Å². The van der Waals surface area contributed by atoms with Gasteiger partial charge in [0.2, 0.25) is 0 Å². The van der Waals surface area contributed by atoms with Crippen LogP contribution in [0.5, 0.6) is 0 Å². The number of carbonyl (C=O) groups is 1. The number of halogens is 1. The Morgan fingerprint density at radius 3 is 2.60 bits per heavy atom. The summed E-state index contributed by atoms with van der Waals surface area (Å²) in [5.74, 6) is 0. The van der Waals surface area contributed by atoms with Gasteiger partial charge in [-0.3, -0.25) is 0 Å². The minimum Gasteiger partial charge on any atom is -0.453 e. The molecule has 0 aromatic carbocycles. The molecular weight excluding hydrogens is 152 g/mol. The van der Waals surface area contributed by atoms with Crippen molar-refractivity contribution in [3.63, 3.8) is 0 Å². The lowest BCUT2D eigenvalue weighted by Gasteiger charge is -2.17. The molecular formula is C7H11ClO2. The van der Waals surface area contributed by atoms with Crippen LogP contribution in [0, 0.1) is 5.41 Å². The Hall–Kier alpha value is -0.500. The van der Waals surface area contributed by atoms with E-state index in [1.165, 1.54) is 0 Å². The Bertz CT molecular complexity index is 141. The largest absolute Gasteiger partial charge is 0.453 e. The van der Waals surface area contributed by atoms with E-state index >= 15 is 0 Å². The molecule has 3 heteroatoms. The molecule has 10 heavy (non-hydrogen) atoms. The average Bonchev–Trinajstić information content (AvgIpc) is 1.85. The first-order valence-electron chi connectivity index (χ1n) is 2.94. The van der Waals surface area contributed by atoms with Crippen LogP contribution in [0.1, 0.15) is 13.8 Å². The minimum atomic E-state index is -0.769. The highest BCUT2D eigenvalue weighted by molar-refractivity contribution is 6.61. The van der Waals surface area contributed by atoms with Crippen molar-refractivity contribution < 1.29 is 9.53 Å². The van der Waals surface area contributed by atoms with E-state index in [4.69, 9.17) is 11.6 Å². The van der Waals surface area contributed by atoms with Gasteiger partial charge in [-0.1, -0.05) is 19.9 Å². The standard InChI is InChI=1S/C7H11ClO2/c1-4-7(2,3)5-10-6(8)9/h4H,1,5H2,2-3H3. The van der Waals surface area contributed by atoms with E-state index in [0.29, 0.717) is 0 Å². The van der Waals surface area contributed by atoms with Crippen molar-refractivity contribution >= 4 is 17.0 Å². The van der Waals surface area contributed by atoms with Crippen LogP contribution in [-0.4, -0.2) is 12.0 Å². The molecule has 0 N–H and O–H groups in total. The van der Waals surface area contributed by atoms with Crippen molar-refractivity contribution in [1.29, 1.82) is 0 Å². The molecule has 0 aliphatic rings. The van der Waals surface area contributed by atoms with E-state index in [0.717, 1.165) is 0 Å². The molecule has 0 aromatic rings. The number of hydrogen-bond donors (Lipinski definition) is 0. The summed E-state index contributed by atoms with van der Waals surface area (Å²) in [5, 5.41) is 0. The molecule has 0 aliphatic heterocycles. The van der Waals surface area contributed by atoms with Gasteiger partial charge < -0.3 is 4.74 Å². The number of carbonyl (C=O) groups excluding carboxylic acids is 1. The Labute approximate surface area is 65.8 Å². The predicted molar refractivity (Wildman–Crippen MR) is 41.2 cm³/mol. The van der Waals surface area contributed by atoms with Gasteiger partial charge >= 0.3 is 5.43 Å². The maximum atomic E-state index is 10.1. The van der Waals surface area contributed by atoms with E-state index < -0.39 is 5.43 Å². The molecule has 0 radical (unpaired) electrons. The first-order chi connectivity index (χ1) is 4.48. The third-order valence-electron chi connectivity index (χ3n) is 1.11. The van der Waals surface area contributed by atoms with Crippen molar-refractivity contribution in [1.82, 2.24) is 0 Å². The Kier molecular flexibility index (Phi) is 3.43. The molecule has 0 heterocycles. The number of rotatable bonds is 3. The Morgan fingerprint density at radius 1 is 1.80 bits per heavy atom. The monoisotopic (exact) mass is 162 g/mol. The van der Waals surface area contributed by atoms with Crippen LogP contribution in [0.2, 0.25) is 0 Å². The lowest BCUT2D eigenvalue weighted by Crippen LogP contribution is -2.16. The third kappa shape index (κ3) is 4.39. The molecule has 0 rings (SSSR count). The van der Waals surface area contributed by atoms with E-state index in [2.05, 4.69) is 11.3 Å². The smallest absolute Gasteiger partial charge is 0.403 e. The Morgan fingerprint density at radius 2 is 2.30 bits per heavy atom. The minimum absolute atomic E-state index is 0.190. The zero-order chi connectivity index (χ0) is 8.20. The predicted octanol–water partition coefficient (Wildman–Crippen LogP) is 2.57. The summed E-state index contributed by atoms with van der Waals surface area (Å²) in [5.41, 5.74) is -0.959. The van der Waals surface area contributed by atoms with E-state index in [9.17, 15) is 4.79 Å². The number of ether oxygens (including phenoxy) is 1. The lowest BCUT2D eigenvalue weighted by atomic mass is 9.96. The van der Waals surface area contributed by atoms with Gasteiger partial charge in [-0.05, 0) is 0 Å². The van der Waals surface area contributed by atoms with Gasteiger partial charge in [-0.2, -0.15) is 0 Å². The van der Waals surface area contributed by atoms with Crippen LogP contribution in [0.25, 0.3) is 0 Å². The van der Waals surface area contributed by atoms with Crippen molar-refractivity contribution in [3.05, 3.63) is 12.7 Å². The second kappa shape index (κ2) is 3.62. The van der Waals surface area contributed by atoms with Crippen molar-refractivity contribution in [2.75, 3.05) is 6.61 Å². The maximum absolute atomic E-state index is 10.1. The first kappa shape index (κ1) is 9.50. The molecule has 0 amide bonds. The average molecular weight is 163 g/mol. The van der Waals surface area contributed by atoms with E-state index in [1.807, 2.05) is 13.8 Å². The molecule has 0 aliphatic carbocycles. The third-order valence-corrected chi connectivity index (χ3v) is 1.22. The summed E-state index contributed by atoms with van der Waals surface area (Å²) in [4.78, 5) is 10.1. The van der Waals surface area contributed by atoms with Crippen LogP contribution < -0.4 is 0 Å². The summed E-state index contributed by atoms with van der Waals surface area (Å²) < 4.78 is 4.55. The highest BCUT2D eigenvalue weighted by Gasteiger charge is 2.14. The van der Waals surface area contributed by atoms with Crippen LogP contribution in [0.3, 0.4) is 0 Å². The van der Waals surface area contributed by atoms with Gasteiger partial charge in [0.1, 0.15) is 6.61 Å². The fraction of sp³-hybridized carbons (Fsp3) is 0.571. The highest BCUT2D eigenvalue weighted by Crippen LogP contribution is 2.16. The van der Waals surface area contributed by atoms with Gasteiger partial charge in [0.15, 0.2) is 0 Å². The summed E-state index contributed by atoms with van der Waals surface area (Å²) in [6, 6.07) is 0. The summed E-state index contributed by atoms with van der Waals surface area (Å²) in [6.07, 6.45) is 1.72. The number of hydrogen-bond acceptors (Lipinski definition) is 2. The molecule has 2 nitrogen and oxygen atoms in total. The fourth-order valence-corrected chi connectivity index (χ4v) is 0.356. The van der Waals surface area contributed by atoms with Crippen LogP contribution in [0.15, 0.2) is 12.7 Å². The normalized spacial score (nSPS) is 10.7. The molecule has 0 bridgehead atoms. The molecule has 58 valence electrons. The molecule has 0 aromatic heterocycles. The fourth-order valence-electron chi connectivity index (χ4n) is 0.302.